The highest BCUT2D eigenvalue weighted by molar-refractivity contribution is 5.95. The van der Waals surface area contributed by atoms with E-state index in [9.17, 15) is 9.59 Å². The zero-order chi connectivity index (χ0) is 13.5. The maximum absolute atomic E-state index is 12.1. The molecule has 0 radical (unpaired) electrons. The lowest BCUT2D eigenvalue weighted by molar-refractivity contribution is -0.139. The van der Waals surface area contributed by atoms with Crippen molar-refractivity contribution >= 4 is 11.9 Å². The number of ether oxygens (including phenoxy) is 1. The molecule has 0 atom stereocenters. The van der Waals surface area contributed by atoms with Crippen LogP contribution in [0.25, 0.3) is 0 Å². The maximum Gasteiger partial charge on any atom is 0.354 e. The van der Waals surface area contributed by atoms with Crippen LogP contribution in [0, 0.1) is 5.41 Å². The average Bonchev–Trinajstić information content (AvgIpc) is 2.35. The smallest absolute Gasteiger partial charge is 0.354 e. The third kappa shape index (κ3) is 4.21. The molecule has 1 amide bonds. The Kier molecular flexibility index (Phi) is 6.54. The largest absolute Gasteiger partial charge is 0.464 e. The summed E-state index contributed by atoms with van der Waals surface area (Å²) in [7, 11) is 1.30. The van der Waals surface area contributed by atoms with Gasteiger partial charge in [-0.15, -0.1) is 0 Å². The van der Waals surface area contributed by atoms with E-state index in [4.69, 9.17) is 0 Å². The molecule has 4 nitrogen and oxygen atoms in total. The Balaban J connectivity index is 4.85. The molecular weight excluding hydrogens is 218 g/mol. The first-order valence-electron chi connectivity index (χ1n) is 6.05. The van der Waals surface area contributed by atoms with Crippen LogP contribution in [-0.4, -0.2) is 19.0 Å². The molecule has 0 aliphatic rings. The first-order valence-corrected chi connectivity index (χ1v) is 6.05. The number of hydrogen-bond acceptors (Lipinski definition) is 3. The summed E-state index contributed by atoms with van der Waals surface area (Å²) in [6, 6.07) is 0. The van der Waals surface area contributed by atoms with Crippen LogP contribution in [-0.2, 0) is 14.3 Å². The van der Waals surface area contributed by atoms with Gasteiger partial charge in [0.25, 0.3) is 0 Å². The number of allylic oxidation sites excluding steroid dienone is 1. The van der Waals surface area contributed by atoms with Crippen molar-refractivity contribution in [1.82, 2.24) is 5.32 Å². The van der Waals surface area contributed by atoms with E-state index in [1.807, 2.05) is 27.7 Å². The number of rotatable bonds is 6. The van der Waals surface area contributed by atoms with Crippen LogP contribution in [0.5, 0.6) is 0 Å². The monoisotopic (exact) mass is 241 g/mol. The number of carbonyl (C=O) groups excluding carboxylic acids is 2. The fraction of sp³-hybridized carbons (Fsp3) is 0.692. The fourth-order valence-electron chi connectivity index (χ4n) is 1.34. The van der Waals surface area contributed by atoms with E-state index in [1.165, 1.54) is 7.11 Å². The Morgan fingerprint density at radius 1 is 1.24 bits per heavy atom. The van der Waals surface area contributed by atoms with Crippen molar-refractivity contribution < 1.29 is 14.3 Å². The van der Waals surface area contributed by atoms with Gasteiger partial charge in [0.2, 0.25) is 5.91 Å². The molecule has 98 valence electrons. The first-order chi connectivity index (χ1) is 7.95. The highest BCUT2D eigenvalue weighted by Gasteiger charge is 2.30. The third-order valence-electron chi connectivity index (χ3n) is 3.17. The van der Waals surface area contributed by atoms with Crippen LogP contribution in [0.4, 0.5) is 0 Å². The minimum absolute atomic E-state index is 0.132. The average molecular weight is 241 g/mol. The molecule has 0 bridgehead atoms. The summed E-state index contributed by atoms with van der Waals surface area (Å²) in [4.78, 5) is 23.5. The number of hydrogen-bond donors (Lipinski definition) is 1. The predicted octanol–water partition coefficient (Wildman–Crippen LogP) is 2.40. The lowest BCUT2D eigenvalue weighted by Crippen LogP contribution is -2.39. The Morgan fingerprint density at radius 3 is 2.12 bits per heavy atom. The van der Waals surface area contributed by atoms with Crippen LogP contribution in [0.1, 0.15) is 47.0 Å². The van der Waals surface area contributed by atoms with Gasteiger partial charge in [0.05, 0.1) is 7.11 Å². The van der Waals surface area contributed by atoms with E-state index in [0.29, 0.717) is 6.42 Å². The summed E-state index contributed by atoms with van der Waals surface area (Å²) < 4.78 is 4.62. The molecular formula is C13H23NO3. The second kappa shape index (κ2) is 7.09. The molecule has 0 aromatic heterocycles. The summed E-state index contributed by atoms with van der Waals surface area (Å²) in [5, 5.41) is 2.66. The highest BCUT2D eigenvalue weighted by atomic mass is 16.5. The van der Waals surface area contributed by atoms with E-state index in [-0.39, 0.29) is 11.6 Å². The van der Waals surface area contributed by atoms with Crippen LogP contribution in [0.2, 0.25) is 0 Å². The number of amides is 1. The van der Waals surface area contributed by atoms with E-state index < -0.39 is 11.4 Å². The molecule has 0 aliphatic carbocycles. The van der Waals surface area contributed by atoms with Gasteiger partial charge in [-0.2, -0.15) is 0 Å². The molecule has 0 saturated carbocycles. The van der Waals surface area contributed by atoms with Crippen LogP contribution < -0.4 is 5.32 Å². The van der Waals surface area contributed by atoms with Crippen molar-refractivity contribution in [2.24, 2.45) is 5.41 Å². The number of carbonyl (C=O) groups is 2. The predicted molar refractivity (Wildman–Crippen MR) is 67.2 cm³/mol. The van der Waals surface area contributed by atoms with Gasteiger partial charge < -0.3 is 10.1 Å². The van der Waals surface area contributed by atoms with Crippen molar-refractivity contribution in [2.75, 3.05) is 7.11 Å². The molecule has 1 N–H and O–H groups in total. The van der Waals surface area contributed by atoms with E-state index >= 15 is 0 Å². The minimum atomic E-state index is -0.505. The number of nitrogens with one attached hydrogen (secondary N) is 1. The Hall–Kier alpha value is -1.32. The SMILES string of the molecule is CCC=C(NC(=O)C(C)(CC)CC)C(=O)OC. The molecule has 0 spiro atoms. The van der Waals surface area contributed by atoms with E-state index in [2.05, 4.69) is 10.1 Å². The second-order valence-electron chi connectivity index (χ2n) is 4.24. The van der Waals surface area contributed by atoms with Gasteiger partial charge in [0.1, 0.15) is 5.70 Å². The van der Waals surface area contributed by atoms with Gasteiger partial charge in [0, 0.05) is 5.41 Å². The Morgan fingerprint density at radius 2 is 1.76 bits per heavy atom. The molecule has 0 fully saturated rings. The zero-order valence-electron chi connectivity index (χ0n) is 11.4. The van der Waals surface area contributed by atoms with Crippen LogP contribution in [0.3, 0.4) is 0 Å². The normalized spacial score (nSPS) is 12.2. The van der Waals surface area contributed by atoms with E-state index in [1.54, 1.807) is 6.08 Å². The molecule has 0 heterocycles. The first kappa shape index (κ1) is 15.7. The molecule has 0 unspecified atom stereocenters. The summed E-state index contributed by atoms with van der Waals surface area (Å²) in [5.74, 6) is -0.637. The summed E-state index contributed by atoms with van der Waals surface area (Å²) in [6.45, 7) is 7.71. The Bertz CT molecular complexity index is 304. The molecule has 4 heteroatoms. The quantitative estimate of drug-likeness (QED) is 0.574. The Labute approximate surface area is 103 Å². The fourth-order valence-corrected chi connectivity index (χ4v) is 1.34. The van der Waals surface area contributed by atoms with Gasteiger partial charge in [-0.3, -0.25) is 4.79 Å². The van der Waals surface area contributed by atoms with E-state index in [0.717, 1.165) is 12.8 Å². The lowest BCUT2D eigenvalue weighted by Gasteiger charge is -2.25. The van der Waals surface area contributed by atoms with Crippen molar-refractivity contribution in [3.8, 4) is 0 Å². The van der Waals surface area contributed by atoms with Crippen molar-refractivity contribution in [2.45, 2.75) is 47.0 Å². The molecule has 0 aromatic carbocycles. The van der Waals surface area contributed by atoms with Gasteiger partial charge in [0.15, 0.2) is 0 Å². The van der Waals surface area contributed by atoms with Crippen molar-refractivity contribution in [3.63, 3.8) is 0 Å². The maximum atomic E-state index is 12.1. The molecule has 0 rings (SSSR count). The molecule has 0 aliphatic heterocycles. The second-order valence-corrected chi connectivity index (χ2v) is 4.24. The summed E-state index contributed by atoms with van der Waals surface area (Å²) >= 11 is 0. The van der Waals surface area contributed by atoms with Crippen LogP contribution in [0.15, 0.2) is 11.8 Å². The van der Waals surface area contributed by atoms with Gasteiger partial charge in [-0.25, -0.2) is 4.79 Å². The topological polar surface area (TPSA) is 55.4 Å². The van der Waals surface area contributed by atoms with Gasteiger partial charge in [-0.05, 0) is 19.3 Å². The number of esters is 1. The number of methoxy groups -OCH3 is 1. The van der Waals surface area contributed by atoms with Gasteiger partial charge >= 0.3 is 5.97 Å². The highest BCUT2D eigenvalue weighted by Crippen LogP contribution is 2.25. The van der Waals surface area contributed by atoms with Crippen LogP contribution >= 0.6 is 0 Å². The van der Waals surface area contributed by atoms with Gasteiger partial charge in [-0.1, -0.05) is 33.8 Å². The van der Waals surface area contributed by atoms with Crippen molar-refractivity contribution in [1.29, 1.82) is 0 Å². The molecule has 0 saturated heterocycles. The lowest BCUT2D eigenvalue weighted by atomic mass is 9.83. The minimum Gasteiger partial charge on any atom is -0.464 e. The summed E-state index contributed by atoms with van der Waals surface area (Å²) in [6.07, 6.45) is 3.79. The van der Waals surface area contributed by atoms with Crippen molar-refractivity contribution in [3.05, 3.63) is 11.8 Å². The third-order valence-corrected chi connectivity index (χ3v) is 3.17. The summed E-state index contributed by atoms with van der Waals surface area (Å²) in [5.41, 5.74) is -0.214. The molecule has 0 aromatic rings. The standard InChI is InChI=1S/C13H23NO3/c1-6-9-10(11(15)17-5)14-12(16)13(4,7-2)8-3/h9H,6-8H2,1-5H3,(H,14,16). The zero-order valence-corrected chi connectivity index (χ0v) is 11.4. The molecule has 17 heavy (non-hydrogen) atoms.